The number of esters is 5. The number of anilines is 1. The van der Waals surface area contributed by atoms with Crippen LogP contribution in [-0.2, 0) is 52.3 Å². The van der Waals surface area contributed by atoms with Crippen molar-refractivity contribution in [2.75, 3.05) is 38.5 Å². The first kappa shape index (κ1) is 51.2. The molecule has 16 nitrogen and oxygen atoms in total. The molecule has 0 radical (unpaired) electrons. The minimum Gasteiger partial charge on any atom is -0.490 e. The van der Waals surface area contributed by atoms with E-state index in [1.165, 1.54) is 29.7 Å². The van der Waals surface area contributed by atoms with E-state index in [4.69, 9.17) is 37.9 Å². The molecule has 0 aliphatic heterocycles. The Bertz CT molecular complexity index is 2230. The molecule has 1 heterocycles. The molecular weight excluding hydrogens is 859 g/mol. The molecule has 1 aliphatic rings. The van der Waals surface area contributed by atoms with Gasteiger partial charge in [0.2, 0.25) is 5.13 Å². The SMILES string of the molecule is C=CC(=O)OCCCCOCC(COc1ccc(C(=O)OC2=CCC(C)(OC(C)(C)CC(C)(C)OC(=O)C=C)C=C2/C=N/Nc2nc3ccccc3s2)cc1)OC(=O)CCOC(=O)C=C. The molecule has 0 spiro atoms. The summed E-state index contributed by atoms with van der Waals surface area (Å²) in [5, 5.41) is 5.01. The van der Waals surface area contributed by atoms with Gasteiger partial charge in [0.1, 0.15) is 30.3 Å². The molecule has 65 heavy (non-hydrogen) atoms. The first-order chi connectivity index (χ1) is 30.9. The molecule has 0 saturated heterocycles. The fourth-order valence-corrected chi connectivity index (χ4v) is 7.52. The Kier molecular flexibility index (Phi) is 19.4. The molecule has 0 amide bonds. The van der Waals surface area contributed by atoms with Crippen molar-refractivity contribution in [2.24, 2.45) is 5.10 Å². The van der Waals surface area contributed by atoms with Crippen molar-refractivity contribution in [2.45, 2.75) is 89.6 Å². The van der Waals surface area contributed by atoms with Gasteiger partial charge in [0.25, 0.3) is 0 Å². The molecule has 0 saturated carbocycles. The van der Waals surface area contributed by atoms with Crippen molar-refractivity contribution in [1.29, 1.82) is 0 Å². The molecule has 4 rings (SSSR count). The number of benzene rings is 2. The smallest absolute Gasteiger partial charge is 0.343 e. The largest absolute Gasteiger partial charge is 0.490 e. The highest BCUT2D eigenvalue weighted by Crippen LogP contribution is 2.37. The number of unbranched alkanes of at least 4 members (excludes halogenated alkanes) is 1. The lowest BCUT2D eigenvalue weighted by atomic mass is 9.88. The number of nitrogens with zero attached hydrogens (tertiary/aromatic N) is 2. The van der Waals surface area contributed by atoms with Crippen LogP contribution in [-0.4, -0.2) is 97.0 Å². The van der Waals surface area contributed by atoms with E-state index in [-0.39, 0.29) is 44.2 Å². The van der Waals surface area contributed by atoms with E-state index in [1.807, 2.05) is 51.1 Å². The predicted octanol–water partition coefficient (Wildman–Crippen LogP) is 8.15. The van der Waals surface area contributed by atoms with E-state index in [0.29, 0.717) is 48.7 Å². The van der Waals surface area contributed by atoms with Gasteiger partial charge in [-0.3, -0.25) is 10.2 Å². The average Bonchev–Trinajstić information content (AvgIpc) is 3.68. The molecule has 2 unspecified atom stereocenters. The number of ether oxygens (including phenoxy) is 8. The highest BCUT2D eigenvalue weighted by Gasteiger charge is 2.39. The number of carbonyl (C=O) groups excluding carboxylic acids is 5. The van der Waals surface area contributed by atoms with Crippen LogP contribution in [0.1, 0.15) is 77.1 Å². The van der Waals surface area contributed by atoms with Crippen LogP contribution in [0.25, 0.3) is 10.2 Å². The summed E-state index contributed by atoms with van der Waals surface area (Å²) in [6.07, 6.45) is 9.13. The predicted molar refractivity (Wildman–Crippen MR) is 245 cm³/mol. The number of hydrogen-bond donors (Lipinski definition) is 1. The number of thiazole rings is 1. The van der Waals surface area contributed by atoms with Gasteiger partial charge in [-0.15, -0.1) is 0 Å². The summed E-state index contributed by atoms with van der Waals surface area (Å²) in [5.41, 5.74) is 1.99. The Hall–Kier alpha value is -6.43. The van der Waals surface area contributed by atoms with Gasteiger partial charge >= 0.3 is 29.8 Å². The molecule has 0 fully saturated rings. The highest BCUT2D eigenvalue weighted by atomic mass is 32.1. The lowest BCUT2D eigenvalue weighted by molar-refractivity contribution is -0.166. The summed E-state index contributed by atoms with van der Waals surface area (Å²) < 4.78 is 46.2. The van der Waals surface area contributed by atoms with Crippen molar-refractivity contribution >= 4 is 62.7 Å². The monoisotopic (exact) mass is 915 g/mol. The van der Waals surface area contributed by atoms with E-state index in [2.05, 4.69) is 35.2 Å². The molecule has 17 heteroatoms. The number of nitrogens with one attached hydrogen (secondary N) is 1. The number of rotatable bonds is 27. The van der Waals surface area contributed by atoms with Crippen LogP contribution in [0.5, 0.6) is 5.75 Å². The van der Waals surface area contributed by atoms with Crippen molar-refractivity contribution in [1.82, 2.24) is 4.98 Å². The number of allylic oxidation sites excluding steroid dienone is 1. The summed E-state index contributed by atoms with van der Waals surface area (Å²) in [6, 6.07) is 13.9. The maximum Gasteiger partial charge on any atom is 0.343 e. The van der Waals surface area contributed by atoms with E-state index in [9.17, 15) is 24.0 Å². The minimum absolute atomic E-state index is 0.00977. The summed E-state index contributed by atoms with van der Waals surface area (Å²) in [6.45, 7) is 19.7. The second kappa shape index (κ2) is 24.6. The Morgan fingerprint density at radius 1 is 0.877 bits per heavy atom. The van der Waals surface area contributed by atoms with Crippen molar-refractivity contribution in [3.63, 3.8) is 0 Å². The quantitative estimate of drug-likeness (QED) is 0.0192. The Balaban J connectivity index is 1.43. The normalized spacial score (nSPS) is 15.5. The third-order valence-corrected chi connectivity index (χ3v) is 10.1. The molecule has 348 valence electrons. The number of hydrogen-bond acceptors (Lipinski definition) is 17. The van der Waals surface area contributed by atoms with Gasteiger partial charge in [-0.25, -0.2) is 24.2 Å². The molecule has 2 aromatic carbocycles. The topological polar surface area (TPSA) is 196 Å². The lowest BCUT2D eigenvalue weighted by Gasteiger charge is -2.41. The van der Waals surface area contributed by atoms with Crippen LogP contribution in [0.3, 0.4) is 0 Å². The minimum atomic E-state index is -0.883. The standard InChI is InChI=1S/C48H57N3O13S/c1-9-40(52)58-26-15-14-25-57-30-36(61-43(55)23-27-59-41(53)10-2)31-60-35-20-18-33(19-21-35)44(56)62-38-22-24-48(8,64-47(6,7)32-46(4,5)63-42(54)11-3)28-34(38)29-49-51-45-50-37-16-12-13-17-39(37)65-45/h9-13,16-22,28-29,36H,1-3,14-15,23-27,30-32H2,4-8H3,(H,50,51)/b49-29+. The second-order valence-electron chi connectivity index (χ2n) is 16.1. The van der Waals surface area contributed by atoms with Crippen LogP contribution >= 0.6 is 11.3 Å². The third kappa shape index (κ3) is 17.9. The molecule has 1 N–H and O–H groups in total. The Morgan fingerprint density at radius 2 is 1.55 bits per heavy atom. The number of fused-ring (bicyclic) bond motifs is 1. The first-order valence-corrected chi connectivity index (χ1v) is 21.7. The van der Waals surface area contributed by atoms with Gasteiger partial charge < -0.3 is 37.9 Å². The van der Waals surface area contributed by atoms with Crippen molar-refractivity contribution < 1.29 is 61.9 Å². The number of hydrazone groups is 1. The highest BCUT2D eigenvalue weighted by molar-refractivity contribution is 7.22. The molecule has 3 aromatic rings. The Morgan fingerprint density at radius 3 is 2.25 bits per heavy atom. The summed E-state index contributed by atoms with van der Waals surface area (Å²) in [4.78, 5) is 65.3. The zero-order valence-corrected chi connectivity index (χ0v) is 38.3. The molecule has 1 aliphatic carbocycles. The average molecular weight is 916 g/mol. The second-order valence-corrected chi connectivity index (χ2v) is 17.1. The third-order valence-electron chi connectivity index (χ3n) is 9.14. The number of aromatic nitrogens is 1. The van der Waals surface area contributed by atoms with Crippen LogP contribution in [0.15, 0.2) is 115 Å². The van der Waals surface area contributed by atoms with Gasteiger partial charge in [0.05, 0.1) is 52.8 Å². The van der Waals surface area contributed by atoms with Crippen LogP contribution in [0, 0.1) is 0 Å². The van der Waals surface area contributed by atoms with E-state index in [1.54, 1.807) is 32.1 Å². The van der Waals surface area contributed by atoms with Crippen molar-refractivity contribution in [3.8, 4) is 5.75 Å². The first-order valence-electron chi connectivity index (χ1n) is 20.9. The zero-order valence-electron chi connectivity index (χ0n) is 37.5. The van der Waals surface area contributed by atoms with Crippen LogP contribution in [0.4, 0.5) is 5.13 Å². The number of para-hydroxylation sites is 1. The van der Waals surface area contributed by atoms with Gasteiger partial charge in [0.15, 0.2) is 6.10 Å². The molecular formula is C48H57N3O13S. The fourth-order valence-electron chi connectivity index (χ4n) is 6.71. The molecule has 0 bridgehead atoms. The van der Waals surface area contributed by atoms with Gasteiger partial charge in [-0.2, -0.15) is 5.10 Å². The maximum absolute atomic E-state index is 13.6. The van der Waals surface area contributed by atoms with E-state index in [0.717, 1.165) is 28.4 Å². The van der Waals surface area contributed by atoms with Gasteiger partial charge in [0, 0.05) is 43.2 Å². The lowest BCUT2D eigenvalue weighted by Crippen LogP contribution is -2.44. The van der Waals surface area contributed by atoms with E-state index >= 15 is 0 Å². The van der Waals surface area contributed by atoms with E-state index < -0.39 is 52.8 Å². The summed E-state index contributed by atoms with van der Waals surface area (Å²) >= 11 is 1.44. The Labute approximate surface area is 382 Å². The van der Waals surface area contributed by atoms with Crippen LogP contribution < -0.4 is 10.2 Å². The maximum atomic E-state index is 13.6. The van der Waals surface area contributed by atoms with Crippen LogP contribution in [0.2, 0.25) is 0 Å². The summed E-state index contributed by atoms with van der Waals surface area (Å²) in [5.74, 6) is -2.36. The molecule has 2 atom stereocenters. The molecule has 1 aromatic heterocycles. The van der Waals surface area contributed by atoms with Gasteiger partial charge in [-0.05, 0) is 96.0 Å². The van der Waals surface area contributed by atoms with Gasteiger partial charge in [-0.1, -0.05) is 43.2 Å². The van der Waals surface area contributed by atoms with Crippen molar-refractivity contribution in [3.05, 3.63) is 116 Å². The zero-order chi connectivity index (χ0) is 47.5. The summed E-state index contributed by atoms with van der Waals surface area (Å²) in [7, 11) is 0. The number of carbonyl (C=O) groups is 5. The fraction of sp³-hybridized carbons (Fsp3) is 0.396.